The molecule has 0 radical (unpaired) electrons. The number of hydrogen-bond acceptors (Lipinski definition) is 2. The molecule has 1 aromatic carbocycles. The molecule has 0 saturated carbocycles. The molecular formula is C14H16N2. The molecule has 0 unspecified atom stereocenters. The standard InChI is InChI=1S/C14H16N2/c1-10(2)12-4-3-5-13(14(12)15)11-6-8-16-9-7-11/h3-10H,15H2,1-2H3. The van der Waals surface area contributed by atoms with Crippen molar-refractivity contribution in [3.63, 3.8) is 0 Å². The fraction of sp³-hybridized carbons (Fsp3) is 0.214. The molecule has 0 aliphatic carbocycles. The highest BCUT2D eigenvalue weighted by atomic mass is 14.6. The molecule has 0 spiro atoms. The number of rotatable bonds is 2. The second-order valence-electron chi connectivity index (χ2n) is 4.20. The number of hydrogen-bond donors (Lipinski definition) is 1. The van der Waals surface area contributed by atoms with Crippen LogP contribution in [0.2, 0.25) is 0 Å². The zero-order valence-corrected chi connectivity index (χ0v) is 9.64. The highest BCUT2D eigenvalue weighted by molar-refractivity contribution is 5.78. The third-order valence-electron chi connectivity index (χ3n) is 2.75. The van der Waals surface area contributed by atoms with E-state index in [-0.39, 0.29) is 0 Å². The number of nitrogens with two attached hydrogens (primary N) is 1. The lowest BCUT2D eigenvalue weighted by molar-refractivity contribution is 0.870. The maximum absolute atomic E-state index is 6.20. The minimum Gasteiger partial charge on any atom is -0.398 e. The number of anilines is 1. The number of nitrogens with zero attached hydrogens (tertiary/aromatic N) is 1. The third kappa shape index (κ3) is 1.91. The maximum atomic E-state index is 6.20. The van der Waals surface area contributed by atoms with E-state index in [1.54, 1.807) is 12.4 Å². The smallest absolute Gasteiger partial charge is 0.0428 e. The Labute approximate surface area is 96.1 Å². The normalized spacial score (nSPS) is 10.7. The molecule has 0 aliphatic heterocycles. The van der Waals surface area contributed by atoms with Crippen LogP contribution in [0.4, 0.5) is 5.69 Å². The van der Waals surface area contributed by atoms with Gasteiger partial charge in [-0.25, -0.2) is 0 Å². The monoisotopic (exact) mass is 212 g/mol. The van der Waals surface area contributed by atoms with Crippen LogP contribution in [0.25, 0.3) is 11.1 Å². The van der Waals surface area contributed by atoms with Crippen LogP contribution in [0.15, 0.2) is 42.7 Å². The van der Waals surface area contributed by atoms with Crippen LogP contribution >= 0.6 is 0 Å². The Kier molecular flexibility index (Phi) is 2.91. The Bertz CT molecular complexity index is 475. The third-order valence-corrected chi connectivity index (χ3v) is 2.75. The summed E-state index contributed by atoms with van der Waals surface area (Å²) in [6.07, 6.45) is 3.58. The van der Waals surface area contributed by atoms with Gasteiger partial charge in [-0.05, 0) is 29.2 Å². The van der Waals surface area contributed by atoms with Crippen molar-refractivity contribution >= 4 is 5.69 Å². The largest absolute Gasteiger partial charge is 0.398 e. The Morgan fingerprint density at radius 3 is 2.38 bits per heavy atom. The summed E-state index contributed by atoms with van der Waals surface area (Å²) in [6, 6.07) is 10.2. The first-order chi connectivity index (χ1) is 7.70. The van der Waals surface area contributed by atoms with E-state index in [1.165, 1.54) is 5.56 Å². The van der Waals surface area contributed by atoms with Gasteiger partial charge in [0.1, 0.15) is 0 Å². The minimum atomic E-state index is 0.446. The number of benzene rings is 1. The van der Waals surface area contributed by atoms with Gasteiger partial charge in [-0.3, -0.25) is 4.98 Å². The molecule has 1 aromatic heterocycles. The first-order valence-electron chi connectivity index (χ1n) is 5.49. The van der Waals surface area contributed by atoms with Crippen molar-refractivity contribution in [3.8, 4) is 11.1 Å². The van der Waals surface area contributed by atoms with Crippen LogP contribution in [0.1, 0.15) is 25.3 Å². The molecule has 0 atom stereocenters. The predicted octanol–water partition coefficient (Wildman–Crippen LogP) is 3.45. The molecule has 1 heterocycles. The molecule has 0 bridgehead atoms. The molecule has 82 valence electrons. The Morgan fingerprint density at radius 1 is 1.06 bits per heavy atom. The summed E-state index contributed by atoms with van der Waals surface area (Å²) in [7, 11) is 0. The van der Waals surface area contributed by atoms with E-state index in [1.807, 2.05) is 12.1 Å². The Hall–Kier alpha value is -1.83. The summed E-state index contributed by atoms with van der Waals surface area (Å²) in [6.45, 7) is 4.31. The molecule has 2 rings (SSSR count). The summed E-state index contributed by atoms with van der Waals surface area (Å²) in [4.78, 5) is 4.02. The van der Waals surface area contributed by atoms with Crippen LogP contribution < -0.4 is 5.73 Å². The summed E-state index contributed by atoms with van der Waals surface area (Å²) < 4.78 is 0. The number of pyridine rings is 1. The van der Waals surface area contributed by atoms with Gasteiger partial charge >= 0.3 is 0 Å². The lowest BCUT2D eigenvalue weighted by atomic mass is 9.95. The van der Waals surface area contributed by atoms with E-state index in [0.29, 0.717) is 5.92 Å². The van der Waals surface area contributed by atoms with Gasteiger partial charge < -0.3 is 5.73 Å². The number of aromatic nitrogens is 1. The van der Waals surface area contributed by atoms with Gasteiger partial charge in [0.05, 0.1) is 0 Å². The lowest BCUT2D eigenvalue weighted by Gasteiger charge is -2.13. The van der Waals surface area contributed by atoms with E-state index in [0.717, 1.165) is 16.8 Å². The average Bonchev–Trinajstić information content (AvgIpc) is 2.30. The van der Waals surface area contributed by atoms with Crippen molar-refractivity contribution in [3.05, 3.63) is 48.3 Å². The van der Waals surface area contributed by atoms with Gasteiger partial charge in [0.25, 0.3) is 0 Å². The van der Waals surface area contributed by atoms with Gasteiger partial charge in [-0.2, -0.15) is 0 Å². The highest BCUT2D eigenvalue weighted by Gasteiger charge is 2.08. The first-order valence-corrected chi connectivity index (χ1v) is 5.49. The van der Waals surface area contributed by atoms with Gasteiger partial charge in [-0.1, -0.05) is 32.0 Å². The second-order valence-corrected chi connectivity index (χ2v) is 4.20. The van der Waals surface area contributed by atoms with Crippen LogP contribution in [0.5, 0.6) is 0 Å². The Balaban J connectivity index is 2.55. The molecule has 16 heavy (non-hydrogen) atoms. The second kappa shape index (κ2) is 4.35. The van der Waals surface area contributed by atoms with Gasteiger partial charge in [0.2, 0.25) is 0 Å². The van der Waals surface area contributed by atoms with Crippen molar-refractivity contribution in [2.75, 3.05) is 5.73 Å². The van der Waals surface area contributed by atoms with E-state index >= 15 is 0 Å². The van der Waals surface area contributed by atoms with E-state index in [2.05, 4.69) is 37.0 Å². The predicted molar refractivity (Wildman–Crippen MR) is 68.2 cm³/mol. The molecular weight excluding hydrogens is 196 g/mol. The van der Waals surface area contributed by atoms with E-state index in [9.17, 15) is 0 Å². The fourth-order valence-electron chi connectivity index (χ4n) is 1.87. The maximum Gasteiger partial charge on any atom is 0.0428 e. The molecule has 0 saturated heterocycles. The summed E-state index contributed by atoms with van der Waals surface area (Å²) in [5, 5.41) is 0. The van der Waals surface area contributed by atoms with Crippen LogP contribution in [0, 0.1) is 0 Å². The zero-order chi connectivity index (χ0) is 11.5. The number of nitrogen functional groups attached to an aromatic ring is 1. The van der Waals surface area contributed by atoms with Crippen LogP contribution in [0.3, 0.4) is 0 Å². The van der Waals surface area contributed by atoms with Crippen molar-refractivity contribution < 1.29 is 0 Å². The molecule has 2 heteroatoms. The van der Waals surface area contributed by atoms with E-state index in [4.69, 9.17) is 5.73 Å². The quantitative estimate of drug-likeness (QED) is 0.774. The van der Waals surface area contributed by atoms with Crippen LogP contribution in [-0.4, -0.2) is 4.98 Å². The SMILES string of the molecule is CC(C)c1cccc(-c2ccncc2)c1N. The molecule has 0 fully saturated rings. The number of para-hydroxylation sites is 1. The van der Waals surface area contributed by atoms with Crippen molar-refractivity contribution in [2.24, 2.45) is 0 Å². The first kappa shape index (κ1) is 10.7. The average molecular weight is 212 g/mol. The van der Waals surface area contributed by atoms with Crippen molar-refractivity contribution in [1.29, 1.82) is 0 Å². The summed E-state index contributed by atoms with van der Waals surface area (Å²) in [5.41, 5.74) is 10.5. The summed E-state index contributed by atoms with van der Waals surface area (Å²) in [5.74, 6) is 0.446. The fourth-order valence-corrected chi connectivity index (χ4v) is 1.87. The van der Waals surface area contributed by atoms with Gasteiger partial charge in [0, 0.05) is 23.6 Å². The topological polar surface area (TPSA) is 38.9 Å². The van der Waals surface area contributed by atoms with Crippen LogP contribution in [-0.2, 0) is 0 Å². The Morgan fingerprint density at radius 2 is 1.75 bits per heavy atom. The van der Waals surface area contributed by atoms with Crippen molar-refractivity contribution in [2.45, 2.75) is 19.8 Å². The van der Waals surface area contributed by atoms with E-state index < -0.39 is 0 Å². The molecule has 0 amide bonds. The molecule has 2 aromatic rings. The summed E-state index contributed by atoms with van der Waals surface area (Å²) >= 11 is 0. The lowest BCUT2D eigenvalue weighted by Crippen LogP contribution is -1.98. The zero-order valence-electron chi connectivity index (χ0n) is 9.64. The molecule has 2 N–H and O–H groups in total. The molecule has 0 aliphatic rings. The van der Waals surface area contributed by atoms with Gasteiger partial charge in [-0.15, -0.1) is 0 Å². The van der Waals surface area contributed by atoms with Crippen molar-refractivity contribution in [1.82, 2.24) is 4.98 Å². The molecule has 2 nitrogen and oxygen atoms in total. The highest BCUT2D eigenvalue weighted by Crippen LogP contribution is 2.31. The minimum absolute atomic E-state index is 0.446. The van der Waals surface area contributed by atoms with Gasteiger partial charge in [0.15, 0.2) is 0 Å².